The number of rotatable bonds is 4. The maximum Gasteiger partial charge on any atom is 0.164 e. The first kappa shape index (κ1) is 17.8. The van der Waals surface area contributed by atoms with Crippen LogP contribution in [-0.4, -0.2) is 16.6 Å². The van der Waals surface area contributed by atoms with Crippen molar-refractivity contribution in [2.24, 2.45) is 16.5 Å². The van der Waals surface area contributed by atoms with Crippen molar-refractivity contribution in [2.45, 2.75) is 25.4 Å². The predicted octanol–water partition coefficient (Wildman–Crippen LogP) is 3.66. The second-order valence-electron chi connectivity index (χ2n) is 4.97. The van der Waals surface area contributed by atoms with Crippen LogP contribution in [0.15, 0.2) is 34.0 Å². The summed E-state index contributed by atoms with van der Waals surface area (Å²) < 4.78 is 0. The predicted molar refractivity (Wildman–Crippen MR) is 97.5 cm³/mol. The molecule has 0 aromatic heterocycles. The van der Waals surface area contributed by atoms with Crippen LogP contribution in [-0.2, 0) is 6.42 Å². The van der Waals surface area contributed by atoms with Crippen molar-refractivity contribution in [3.05, 3.63) is 44.7 Å². The first-order chi connectivity index (χ1) is 10.4. The van der Waals surface area contributed by atoms with Gasteiger partial charge in [0.1, 0.15) is 5.16 Å². The Morgan fingerprint density at radius 2 is 2.00 bits per heavy atom. The van der Waals surface area contributed by atoms with Crippen LogP contribution < -0.4 is 16.8 Å². The van der Waals surface area contributed by atoms with Crippen LogP contribution >= 0.6 is 46.6 Å². The van der Waals surface area contributed by atoms with Crippen molar-refractivity contribution in [3.63, 3.8) is 0 Å². The number of aliphatic imine (C=N–C) groups is 1. The van der Waals surface area contributed by atoms with Gasteiger partial charge < -0.3 is 16.8 Å². The number of nitrogens with zero attached hydrogens (tertiary/aromatic N) is 1. The molecule has 0 saturated heterocycles. The summed E-state index contributed by atoms with van der Waals surface area (Å²) in [6.07, 6.45) is 1.40. The van der Waals surface area contributed by atoms with Crippen LogP contribution in [0.4, 0.5) is 0 Å². The van der Waals surface area contributed by atoms with E-state index in [0.717, 1.165) is 17.7 Å². The normalized spacial score (nSPS) is 21.6. The van der Waals surface area contributed by atoms with Gasteiger partial charge in [-0.05, 0) is 24.1 Å². The molecule has 8 heteroatoms. The van der Waals surface area contributed by atoms with Crippen LogP contribution in [0, 0.1) is 0 Å². The monoisotopic (exact) mass is 378 g/mol. The standard InChI is InChI=1S/C14H17Cl3N4S/c1-2-5-22-13-20-12(17)11(18)14(19,21-13)7-8-3-4-9(15)10(16)6-8/h3-4,6H,2,5,7,18-19H2,1H3,(H,20,21). The molecule has 2 rings (SSSR count). The number of benzene rings is 1. The molecule has 1 aliphatic rings. The molecule has 1 atom stereocenters. The smallest absolute Gasteiger partial charge is 0.164 e. The fourth-order valence-electron chi connectivity index (χ4n) is 1.98. The molecular formula is C14H17Cl3N4S. The van der Waals surface area contributed by atoms with E-state index in [1.165, 1.54) is 0 Å². The van der Waals surface area contributed by atoms with Crippen molar-refractivity contribution in [2.75, 3.05) is 5.75 Å². The van der Waals surface area contributed by atoms with E-state index in [4.69, 9.17) is 46.3 Å². The summed E-state index contributed by atoms with van der Waals surface area (Å²) in [6.45, 7) is 2.09. The third-order valence-electron chi connectivity index (χ3n) is 3.12. The van der Waals surface area contributed by atoms with Gasteiger partial charge in [0, 0.05) is 12.2 Å². The summed E-state index contributed by atoms with van der Waals surface area (Å²) in [5.41, 5.74) is 12.5. The van der Waals surface area contributed by atoms with Crippen LogP contribution in [0.2, 0.25) is 10.0 Å². The van der Waals surface area contributed by atoms with Crippen molar-refractivity contribution in [1.82, 2.24) is 5.32 Å². The summed E-state index contributed by atoms with van der Waals surface area (Å²) in [5.74, 6) is 0.915. The molecule has 4 nitrogen and oxygen atoms in total. The zero-order chi connectivity index (χ0) is 16.3. The average Bonchev–Trinajstić information content (AvgIpc) is 2.46. The van der Waals surface area contributed by atoms with Gasteiger partial charge in [-0.15, -0.1) is 0 Å². The van der Waals surface area contributed by atoms with Gasteiger partial charge in [0.15, 0.2) is 10.8 Å². The van der Waals surface area contributed by atoms with E-state index in [-0.39, 0.29) is 0 Å². The molecule has 22 heavy (non-hydrogen) atoms. The Labute approximate surface area is 149 Å². The van der Waals surface area contributed by atoms with E-state index in [1.54, 1.807) is 23.9 Å². The quantitative estimate of drug-likeness (QED) is 0.698. The topological polar surface area (TPSA) is 76.4 Å². The van der Waals surface area contributed by atoms with Gasteiger partial charge in [0.25, 0.3) is 0 Å². The highest BCUT2D eigenvalue weighted by Crippen LogP contribution is 2.29. The fraction of sp³-hybridized carbons (Fsp3) is 0.357. The number of halogens is 3. The Hall–Kier alpha value is -0.590. The van der Waals surface area contributed by atoms with Gasteiger partial charge in [-0.3, -0.25) is 0 Å². The zero-order valence-corrected chi connectivity index (χ0v) is 15.1. The summed E-state index contributed by atoms with van der Waals surface area (Å²) >= 11 is 19.7. The number of nitrogens with two attached hydrogens (primary N) is 2. The number of hydrogen-bond donors (Lipinski definition) is 3. The summed E-state index contributed by atoms with van der Waals surface area (Å²) in [5, 5.41) is 4.91. The molecule has 0 radical (unpaired) electrons. The Morgan fingerprint density at radius 1 is 1.27 bits per heavy atom. The van der Waals surface area contributed by atoms with Crippen LogP contribution in [0.1, 0.15) is 18.9 Å². The number of thioether (sulfide) groups is 1. The third-order valence-corrected chi connectivity index (χ3v) is 5.24. The van der Waals surface area contributed by atoms with E-state index in [0.29, 0.717) is 32.5 Å². The summed E-state index contributed by atoms with van der Waals surface area (Å²) in [7, 11) is 0. The van der Waals surface area contributed by atoms with Crippen LogP contribution in [0.3, 0.4) is 0 Å². The third kappa shape index (κ3) is 4.03. The lowest BCUT2D eigenvalue weighted by Gasteiger charge is -2.32. The summed E-state index contributed by atoms with van der Waals surface area (Å²) in [4.78, 5) is 4.53. The highest BCUT2D eigenvalue weighted by atomic mass is 35.5. The highest BCUT2D eigenvalue weighted by molar-refractivity contribution is 8.13. The molecule has 5 N–H and O–H groups in total. The maximum atomic E-state index is 6.39. The van der Waals surface area contributed by atoms with E-state index >= 15 is 0 Å². The highest BCUT2D eigenvalue weighted by Gasteiger charge is 2.34. The van der Waals surface area contributed by atoms with Crippen molar-refractivity contribution in [1.29, 1.82) is 0 Å². The number of amidine groups is 1. The fourth-order valence-corrected chi connectivity index (χ4v) is 3.41. The zero-order valence-electron chi connectivity index (χ0n) is 12.0. The molecule has 1 aliphatic heterocycles. The van der Waals surface area contributed by atoms with E-state index in [2.05, 4.69) is 17.2 Å². The van der Waals surface area contributed by atoms with Crippen molar-refractivity contribution >= 4 is 51.7 Å². The second kappa shape index (κ2) is 7.32. The molecule has 1 aromatic carbocycles. The van der Waals surface area contributed by atoms with Crippen LogP contribution in [0.5, 0.6) is 0 Å². The molecule has 0 saturated carbocycles. The Bertz CT molecular complexity index is 633. The molecular weight excluding hydrogens is 363 g/mol. The van der Waals surface area contributed by atoms with Gasteiger partial charge in [-0.1, -0.05) is 59.6 Å². The molecule has 1 unspecified atom stereocenters. The molecule has 120 valence electrons. The molecule has 0 fully saturated rings. The van der Waals surface area contributed by atoms with E-state index < -0.39 is 5.66 Å². The number of nitrogens with one attached hydrogen (secondary N) is 1. The maximum absolute atomic E-state index is 6.39. The molecule has 0 spiro atoms. The van der Waals surface area contributed by atoms with Crippen LogP contribution in [0.25, 0.3) is 0 Å². The largest absolute Gasteiger partial charge is 0.396 e. The molecule has 0 bridgehead atoms. The van der Waals surface area contributed by atoms with Crippen molar-refractivity contribution in [3.8, 4) is 0 Å². The SMILES string of the molecule is CCCSC1=NC(N)(Cc2ccc(Cl)c(Cl)c2)C(N)=C(Cl)N1. The van der Waals surface area contributed by atoms with E-state index in [1.807, 2.05) is 6.07 Å². The lowest BCUT2D eigenvalue weighted by Crippen LogP contribution is -2.51. The van der Waals surface area contributed by atoms with Gasteiger partial charge in [-0.25, -0.2) is 4.99 Å². The minimum Gasteiger partial charge on any atom is -0.396 e. The molecule has 0 amide bonds. The molecule has 1 heterocycles. The average molecular weight is 380 g/mol. The first-order valence-corrected chi connectivity index (χ1v) is 8.86. The van der Waals surface area contributed by atoms with Gasteiger partial charge in [0.05, 0.1) is 15.7 Å². The molecule has 1 aromatic rings. The first-order valence-electron chi connectivity index (χ1n) is 6.74. The Morgan fingerprint density at radius 3 is 2.64 bits per heavy atom. The summed E-state index contributed by atoms with van der Waals surface area (Å²) in [6, 6.07) is 5.33. The van der Waals surface area contributed by atoms with Gasteiger partial charge in [0.2, 0.25) is 0 Å². The Kier molecular flexibility index (Phi) is 5.91. The number of hydrogen-bond acceptors (Lipinski definition) is 5. The lowest BCUT2D eigenvalue weighted by atomic mass is 9.97. The van der Waals surface area contributed by atoms with E-state index in [9.17, 15) is 0 Å². The minimum atomic E-state index is -1.10. The lowest BCUT2D eigenvalue weighted by molar-refractivity contribution is 0.503. The minimum absolute atomic E-state index is 0.307. The Balaban J connectivity index is 2.29. The van der Waals surface area contributed by atoms with Crippen molar-refractivity contribution < 1.29 is 0 Å². The second-order valence-corrected chi connectivity index (χ2v) is 7.24. The van der Waals surface area contributed by atoms with Gasteiger partial charge in [-0.2, -0.15) is 0 Å². The molecule has 0 aliphatic carbocycles. The van der Waals surface area contributed by atoms with Gasteiger partial charge >= 0.3 is 0 Å².